The summed E-state index contributed by atoms with van der Waals surface area (Å²) in [4.78, 5) is 9.13. The lowest BCUT2D eigenvalue weighted by molar-refractivity contribution is 0.0787. The number of rotatable bonds is 4. The number of halogens is 1. The monoisotopic (exact) mass is 382 g/mol. The lowest BCUT2D eigenvalue weighted by atomic mass is 9.97. The van der Waals surface area contributed by atoms with E-state index in [1.54, 1.807) is 13.8 Å². The van der Waals surface area contributed by atoms with Crippen molar-refractivity contribution < 1.29 is 14.6 Å². The predicted molar refractivity (Wildman–Crippen MR) is 107 cm³/mol. The number of phenolic OH excluding ortho intramolecular Hbond substituents is 1. The largest absolute Gasteiger partial charge is 0.507 e. The molecule has 1 fully saturated rings. The molecule has 7 heteroatoms. The highest BCUT2D eigenvalue weighted by molar-refractivity contribution is 5.91. The molecule has 0 radical (unpaired) electrons. The average molecular weight is 382 g/mol. The Bertz CT molecular complexity index is 1030. The van der Waals surface area contributed by atoms with E-state index in [2.05, 4.69) is 20.6 Å². The zero-order valence-corrected chi connectivity index (χ0v) is 15.8. The minimum absolute atomic E-state index is 0.0812. The van der Waals surface area contributed by atoms with Gasteiger partial charge in [0.2, 0.25) is 0 Å². The summed E-state index contributed by atoms with van der Waals surface area (Å²) in [5.74, 6) is 0.295. The van der Waals surface area contributed by atoms with Crippen LogP contribution in [0, 0.1) is 5.82 Å². The molecule has 1 aliphatic rings. The molecule has 3 aromatic rings. The normalized spacial score (nSPS) is 17.2. The maximum atomic E-state index is 13.7. The summed E-state index contributed by atoms with van der Waals surface area (Å²) in [6.07, 6.45) is 0.956. The third kappa shape index (κ3) is 3.63. The number of aromatic nitrogens is 2. The van der Waals surface area contributed by atoms with Crippen molar-refractivity contribution >= 4 is 16.7 Å². The second-order valence-corrected chi connectivity index (χ2v) is 7.68. The smallest absolute Gasteiger partial charge is 0.165 e. The third-order valence-corrected chi connectivity index (χ3v) is 5.00. The van der Waals surface area contributed by atoms with Gasteiger partial charge in [-0.05, 0) is 62.7 Å². The van der Waals surface area contributed by atoms with Crippen LogP contribution in [-0.2, 0) is 5.60 Å². The Hall–Kier alpha value is -2.77. The highest BCUT2D eigenvalue weighted by atomic mass is 19.1. The standard InChI is InChI=1S/C21H23FN4O2/c1-21(2,28)12-3-5-17-15(9-12)19(24-14-7-8-23-11-14)26-20(25-17)16-10-13(22)4-6-18(16)27/h3-6,9-10,14,23,27-28H,7-8,11H2,1-2H3,(H,24,25,26)/t14-/m0/s1. The SMILES string of the molecule is CC(C)(O)c1ccc2nc(-c3cc(F)ccc3O)nc(N[C@H]3CCNC3)c2c1. The Kier molecular flexibility index (Phi) is 4.64. The molecule has 1 aliphatic heterocycles. The first-order valence-electron chi connectivity index (χ1n) is 9.32. The van der Waals surface area contributed by atoms with Gasteiger partial charge in [0.15, 0.2) is 5.82 Å². The van der Waals surface area contributed by atoms with Crippen molar-refractivity contribution in [3.05, 3.63) is 47.8 Å². The Morgan fingerprint density at radius 3 is 2.71 bits per heavy atom. The highest BCUT2D eigenvalue weighted by Crippen LogP contribution is 2.33. The van der Waals surface area contributed by atoms with Gasteiger partial charge in [-0.2, -0.15) is 0 Å². The van der Waals surface area contributed by atoms with Gasteiger partial charge in [-0.25, -0.2) is 14.4 Å². The van der Waals surface area contributed by atoms with E-state index >= 15 is 0 Å². The number of benzene rings is 2. The Balaban J connectivity index is 1.89. The molecule has 1 atom stereocenters. The van der Waals surface area contributed by atoms with Gasteiger partial charge in [0.1, 0.15) is 17.4 Å². The number of nitrogens with one attached hydrogen (secondary N) is 2. The molecule has 1 saturated heterocycles. The summed E-state index contributed by atoms with van der Waals surface area (Å²) in [7, 11) is 0. The van der Waals surface area contributed by atoms with Crippen LogP contribution < -0.4 is 10.6 Å². The molecule has 146 valence electrons. The molecule has 6 nitrogen and oxygen atoms in total. The number of anilines is 1. The molecule has 4 N–H and O–H groups in total. The van der Waals surface area contributed by atoms with Gasteiger partial charge < -0.3 is 20.8 Å². The molecular weight excluding hydrogens is 359 g/mol. The number of phenols is 1. The van der Waals surface area contributed by atoms with Crippen LogP contribution in [0.4, 0.5) is 10.2 Å². The number of aliphatic hydroxyl groups is 1. The first kappa shape index (κ1) is 18.6. The molecule has 0 bridgehead atoms. The maximum absolute atomic E-state index is 13.7. The van der Waals surface area contributed by atoms with Gasteiger partial charge in [0, 0.05) is 18.0 Å². The van der Waals surface area contributed by atoms with Crippen LogP contribution in [-0.4, -0.2) is 39.3 Å². The Labute approximate surface area is 162 Å². The fourth-order valence-corrected chi connectivity index (χ4v) is 3.40. The van der Waals surface area contributed by atoms with Crippen molar-refractivity contribution in [3.8, 4) is 17.1 Å². The molecule has 28 heavy (non-hydrogen) atoms. The molecule has 0 amide bonds. The fraction of sp³-hybridized carbons (Fsp3) is 0.333. The average Bonchev–Trinajstić information content (AvgIpc) is 3.15. The number of hydrogen-bond acceptors (Lipinski definition) is 6. The van der Waals surface area contributed by atoms with E-state index in [0.717, 1.165) is 30.5 Å². The quantitative estimate of drug-likeness (QED) is 0.554. The number of aromatic hydroxyl groups is 1. The molecule has 1 aromatic heterocycles. The third-order valence-electron chi connectivity index (χ3n) is 5.00. The number of hydrogen-bond donors (Lipinski definition) is 4. The van der Waals surface area contributed by atoms with E-state index < -0.39 is 11.4 Å². The Morgan fingerprint density at radius 2 is 2.00 bits per heavy atom. The lowest BCUT2D eigenvalue weighted by Gasteiger charge is -2.20. The van der Waals surface area contributed by atoms with Crippen LogP contribution in [0.1, 0.15) is 25.8 Å². The van der Waals surface area contributed by atoms with Gasteiger partial charge >= 0.3 is 0 Å². The number of nitrogens with zero attached hydrogens (tertiary/aromatic N) is 2. The van der Waals surface area contributed by atoms with Crippen LogP contribution in [0.25, 0.3) is 22.3 Å². The van der Waals surface area contributed by atoms with Gasteiger partial charge in [0.25, 0.3) is 0 Å². The van der Waals surface area contributed by atoms with Crippen LogP contribution >= 0.6 is 0 Å². The van der Waals surface area contributed by atoms with Crippen molar-refractivity contribution in [2.75, 3.05) is 18.4 Å². The molecule has 2 aromatic carbocycles. The molecule has 4 rings (SSSR count). The first-order chi connectivity index (χ1) is 13.3. The molecule has 2 heterocycles. The zero-order valence-electron chi connectivity index (χ0n) is 15.8. The summed E-state index contributed by atoms with van der Waals surface area (Å²) in [5, 5.41) is 28.1. The second-order valence-electron chi connectivity index (χ2n) is 7.68. The minimum Gasteiger partial charge on any atom is -0.507 e. The van der Waals surface area contributed by atoms with E-state index in [1.807, 2.05) is 18.2 Å². The summed E-state index contributed by atoms with van der Waals surface area (Å²) >= 11 is 0. The zero-order chi connectivity index (χ0) is 19.9. The predicted octanol–water partition coefficient (Wildman–Crippen LogP) is 3.14. The van der Waals surface area contributed by atoms with Gasteiger partial charge in [-0.3, -0.25) is 0 Å². The fourth-order valence-electron chi connectivity index (χ4n) is 3.40. The molecule has 0 aliphatic carbocycles. The molecular formula is C21H23FN4O2. The van der Waals surface area contributed by atoms with Crippen LogP contribution in [0.2, 0.25) is 0 Å². The molecule has 0 unspecified atom stereocenters. The van der Waals surface area contributed by atoms with Gasteiger partial charge in [-0.15, -0.1) is 0 Å². The van der Waals surface area contributed by atoms with E-state index in [4.69, 9.17) is 0 Å². The van der Waals surface area contributed by atoms with Gasteiger partial charge in [-0.1, -0.05) is 6.07 Å². The van der Waals surface area contributed by atoms with Crippen LogP contribution in [0.3, 0.4) is 0 Å². The van der Waals surface area contributed by atoms with Crippen molar-refractivity contribution in [2.24, 2.45) is 0 Å². The van der Waals surface area contributed by atoms with E-state index in [1.165, 1.54) is 18.2 Å². The topological polar surface area (TPSA) is 90.3 Å². The molecule has 0 spiro atoms. The molecule has 0 saturated carbocycles. The van der Waals surface area contributed by atoms with E-state index in [0.29, 0.717) is 11.3 Å². The number of fused-ring (bicyclic) bond motifs is 1. The van der Waals surface area contributed by atoms with Crippen molar-refractivity contribution in [1.29, 1.82) is 0 Å². The van der Waals surface area contributed by atoms with E-state index in [9.17, 15) is 14.6 Å². The highest BCUT2D eigenvalue weighted by Gasteiger charge is 2.21. The summed E-state index contributed by atoms with van der Waals surface area (Å²) in [6, 6.07) is 9.41. The maximum Gasteiger partial charge on any atom is 0.165 e. The van der Waals surface area contributed by atoms with Crippen LogP contribution in [0.5, 0.6) is 5.75 Å². The van der Waals surface area contributed by atoms with E-state index in [-0.39, 0.29) is 23.2 Å². The van der Waals surface area contributed by atoms with Gasteiger partial charge in [0.05, 0.1) is 16.7 Å². The summed E-state index contributed by atoms with van der Waals surface area (Å²) < 4.78 is 13.7. The summed E-state index contributed by atoms with van der Waals surface area (Å²) in [5.41, 5.74) is 0.633. The summed E-state index contributed by atoms with van der Waals surface area (Å²) in [6.45, 7) is 5.19. The second kappa shape index (κ2) is 7.00. The van der Waals surface area contributed by atoms with Crippen molar-refractivity contribution in [2.45, 2.75) is 31.9 Å². The Morgan fingerprint density at radius 1 is 1.18 bits per heavy atom. The van der Waals surface area contributed by atoms with Crippen molar-refractivity contribution in [1.82, 2.24) is 15.3 Å². The minimum atomic E-state index is -1.00. The lowest BCUT2D eigenvalue weighted by Crippen LogP contribution is -2.23. The first-order valence-corrected chi connectivity index (χ1v) is 9.32. The van der Waals surface area contributed by atoms with Crippen molar-refractivity contribution in [3.63, 3.8) is 0 Å². The van der Waals surface area contributed by atoms with Crippen LogP contribution in [0.15, 0.2) is 36.4 Å².